The van der Waals surface area contributed by atoms with E-state index < -0.39 is 26.5 Å². The maximum Gasteiger partial charge on any atom is 1.00 e. The van der Waals surface area contributed by atoms with Gasteiger partial charge in [0.15, 0.2) is 0 Å². The monoisotopic (exact) mass is 224 g/mol. The molecule has 0 aliphatic rings. The normalized spacial score (nSPS) is 10.4. The van der Waals surface area contributed by atoms with Crippen LogP contribution in [0.3, 0.4) is 0 Å². The molecule has 14 heavy (non-hydrogen) atoms. The van der Waals surface area contributed by atoms with E-state index in [-0.39, 0.29) is 29.6 Å². The van der Waals surface area contributed by atoms with Gasteiger partial charge in [0.2, 0.25) is 0 Å². The van der Waals surface area contributed by atoms with Crippen LogP contribution in [0.2, 0.25) is 0 Å². The summed E-state index contributed by atoms with van der Waals surface area (Å²) in [5.41, 5.74) is -0.502. The molecule has 0 aliphatic carbocycles. The van der Waals surface area contributed by atoms with Crippen LogP contribution in [0.1, 0.15) is 10.4 Å². The van der Waals surface area contributed by atoms with Gasteiger partial charge in [0.05, 0.1) is 10.5 Å². The van der Waals surface area contributed by atoms with E-state index in [0.29, 0.717) is 0 Å². The van der Waals surface area contributed by atoms with Crippen LogP contribution in [0.25, 0.3) is 0 Å². The van der Waals surface area contributed by atoms with Crippen LogP contribution in [0.4, 0.5) is 0 Å². The summed E-state index contributed by atoms with van der Waals surface area (Å²) >= 11 is 0. The first-order valence-electron chi connectivity index (χ1n) is 3.21. The average molecular weight is 224 g/mol. The fourth-order valence-electron chi connectivity index (χ4n) is 0.861. The second-order valence-electron chi connectivity index (χ2n) is 2.26. The van der Waals surface area contributed by atoms with E-state index in [1.165, 1.54) is 12.1 Å². The molecule has 1 aromatic rings. The van der Waals surface area contributed by atoms with Crippen molar-refractivity contribution in [2.45, 2.75) is 4.90 Å². The van der Waals surface area contributed by atoms with E-state index in [1.54, 1.807) is 0 Å². The molecule has 1 rings (SSSR count). The Morgan fingerprint density at radius 1 is 1.29 bits per heavy atom. The zero-order valence-electron chi connectivity index (χ0n) is 7.30. The maximum atomic E-state index is 10.5. The Balaban J connectivity index is 0.00000169. The summed E-state index contributed by atoms with van der Waals surface area (Å²) in [7, 11) is -4.71. The van der Waals surface area contributed by atoms with Crippen molar-refractivity contribution in [1.82, 2.24) is 0 Å². The second-order valence-corrected chi connectivity index (χ2v) is 3.60. The third kappa shape index (κ3) is 3.07. The van der Waals surface area contributed by atoms with Gasteiger partial charge in [-0.25, -0.2) is 13.2 Å². The van der Waals surface area contributed by atoms with Crippen LogP contribution in [0, 0.1) is 0 Å². The Labute approximate surface area is 103 Å². The van der Waals surface area contributed by atoms with Gasteiger partial charge in [-0.3, -0.25) is 0 Å². The summed E-state index contributed by atoms with van der Waals surface area (Å²) < 4.78 is 31.6. The Kier molecular flexibility index (Phi) is 4.76. The molecule has 0 fully saturated rings. The van der Waals surface area contributed by atoms with Crippen LogP contribution in [0.15, 0.2) is 29.2 Å². The van der Waals surface area contributed by atoms with Gasteiger partial charge in [0.25, 0.3) is 0 Å². The van der Waals surface area contributed by atoms with Crippen LogP contribution < -0.4 is 29.6 Å². The number of hydrogen-bond donors (Lipinski definition) is 1. The van der Waals surface area contributed by atoms with E-state index in [2.05, 4.69) is 0 Å². The molecule has 1 aromatic carbocycles. The van der Waals surface area contributed by atoms with Crippen molar-refractivity contribution in [3.05, 3.63) is 29.8 Å². The van der Waals surface area contributed by atoms with Crippen molar-refractivity contribution in [2.24, 2.45) is 0 Å². The molecule has 0 heterocycles. The van der Waals surface area contributed by atoms with E-state index in [0.717, 1.165) is 12.1 Å². The molecule has 0 atom stereocenters. The first kappa shape index (κ1) is 13.6. The molecule has 70 valence electrons. The molecule has 7 heteroatoms. The molecule has 5 nitrogen and oxygen atoms in total. The largest absolute Gasteiger partial charge is 1.00 e. The van der Waals surface area contributed by atoms with E-state index in [9.17, 15) is 17.8 Å². The van der Waals surface area contributed by atoms with Crippen molar-refractivity contribution in [2.75, 3.05) is 0 Å². The predicted molar refractivity (Wildman–Crippen MR) is 41.4 cm³/mol. The number of aromatic carboxylic acids is 1. The van der Waals surface area contributed by atoms with Gasteiger partial charge >= 0.3 is 35.5 Å². The van der Waals surface area contributed by atoms with Crippen LogP contribution in [-0.4, -0.2) is 24.0 Å². The fourth-order valence-corrected chi connectivity index (χ4v) is 1.53. The van der Waals surface area contributed by atoms with Gasteiger partial charge in [-0.1, -0.05) is 12.1 Å². The fraction of sp³-hybridized carbons (Fsp3) is 0. The van der Waals surface area contributed by atoms with Crippen molar-refractivity contribution in [3.63, 3.8) is 0 Å². The summed E-state index contributed by atoms with van der Waals surface area (Å²) in [5.74, 6) is -1.44. The molecular weight excluding hydrogens is 219 g/mol. The molecule has 0 unspecified atom stereocenters. The van der Waals surface area contributed by atoms with Gasteiger partial charge in [-0.2, -0.15) is 0 Å². The molecule has 0 radical (unpaired) electrons. The van der Waals surface area contributed by atoms with Crippen molar-refractivity contribution in [1.29, 1.82) is 0 Å². The summed E-state index contributed by atoms with van der Waals surface area (Å²) in [6.07, 6.45) is 0. The molecule has 0 bridgehead atoms. The Morgan fingerprint density at radius 3 is 2.14 bits per heavy atom. The van der Waals surface area contributed by atoms with Gasteiger partial charge in [-0.15, -0.1) is 0 Å². The van der Waals surface area contributed by atoms with Gasteiger partial charge < -0.3 is 9.66 Å². The third-order valence-corrected chi connectivity index (χ3v) is 2.28. The van der Waals surface area contributed by atoms with Crippen LogP contribution in [0.5, 0.6) is 0 Å². The average Bonchev–Trinajstić information content (AvgIpc) is 2.03. The summed E-state index contributed by atoms with van der Waals surface area (Å²) in [6.45, 7) is 0. The summed E-state index contributed by atoms with van der Waals surface area (Å²) in [6, 6.07) is 4.66. The second kappa shape index (κ2) is 4.90. The Bertz CT molecular complexity index is 439. The van der Waals surface area contributed by atoms with Crippen molar-refractivity contribution >= 4 is 16.1 Å². The van der Waals surface area contributed by atoms with Crippen molar-refractivity contribution < 1.29 is 52.4 Å². The Hall–Kier alpha value is -0.400. The smallest absolute Gasteiger partial charge is 0.744 e. The minimum atomic E-state index is -4.71. The topological polar surface area (TPSA) is 94.5 Å². The minimum absolute atomic E-state index is 0. The number of carboxylic acid groups (broad SMARTS) is 1. The van der Waals surface area contributed by atoms with Gasteiger partial charge in [0.1, 0.15) is 10.1 Å². The van der Waals surface area contributed by atoms with Crippen LogP contribution >= 0.6 is 0 Å². The molecule has 0 saturated heterocycles. The summed E-state index contributed by atoms with van der Waals surface area (Å²) in [4.78, 5) is 9.76. The standard InChI is InChI=1S/C7H6O5S.Na/c8-7(9)5-3-1-2-4-6(5)13(10,11)12;/h1-4H,(H,8,9)(H,10,11,12);/q;+1/p-1. The predicted octanol–water partition coefficient (Wildman–Crippen LogP) is -2.71. The minimum Gasteiger partial charge on any atom is -0.744 e. The van der Waals surface area contributed by atoms with Crippen LogP contribution in [-0.2, 0) is 10.1 Å². The number of carbonyl (C=O) groups is 1. The van der Waals surface area contributed by atoms with Gasteiger partial charge in [0, 0.05) is 0 Å². The SMILES string of the molecule is O=C(O)c1ccccc1S(=O)(=O)[O-].[Na+]. The Morgan fingerprint density at radius 2 is 1.79 bits per heavy atom. The molecule has 1 N–H and O–H groups in total. The van der Waals surface area contributed by atoms with E-state index in [1.807, 2.05) is 0 Å². The number of benzene rings is 1. The van der Waals surface area contributed by atoms with Gasteiger partial charge in [-0.05, 0) is 12.1 Å². The first-order chi connectivity index (χ1) is 5.93. The molecular formula is C7H5NaO5S. The maximum absolute atomic E-state index is 10.5. The van der Waals surface area contributed by atoms with E-state index in [4.69, 9.17) is 5.11 Å². The molecule has 0 spiro atoms. The zero-order chi connectivity index (χ0) is 10.1. The number of rotatable bonds is 2. The number of hydrogen-bond acceptors (Lipinski definition) is 4. The van der Waals surface area contributed by atoms with Crippen molar-refractivity contribution in [3.8, 4) is 0 Å². The first-order valence-corrected chi connectivity index (χ1v) is 4.62. The zero-order valence-corrected chi connectivity index (χ0v) is 10.1. The summed E-state index contributed by atoms with van der Waals surface area (Å²) in [5, 5.41) is 8.53. The third-order valence-electron chi connectivity index (χ3n) is 1.39. The molecule has 0 aliphatic heterocycles. The molecule has 0 saturated carbocycles. The quantitative estimate of drug-likeness (QED) is 0.435. The number of carboxylic acids is 1. The molecule has 0 amide bonds. The molecule has 0 aromatic heterocycles. The van der Waals surface area contributed by atoms with E-state index >= 15 is 0 Å².